The van der Waals surface area contributed by atoms with Gasteiger partial charge < -0.3 is 10.1 Å². The third-order valence-corrected chi connectivity index (χ3v) is 5.96. The molecule has 0 aliphatic heterocycles. The zero-order chi connectivity index (χ0) is 20.3. The van der Waals surface area contributed by atoms with E-state index in [1.54, 1.807) is 12.1 Å². The Morgan fingerprint density at radius 2 is 1.66 bits per heavy atom. The van der Waals surface area contributed by atoms with E-state index in [0.717, 1.165) is 41.5 Å². The van der Waals surface area contributed by atoms with Gasteiger partial charge in [-0.05, 0) is 38.0 Å². The van der Waals surface area contributed by atoms with Crippen LogP contribution in [0.2, 0.25) is 0 Å². The Labute approximate surface area is 170 Å². The van der Waals surface area contributed by atoms with E-state index in [2.05, 4.69) is 5.32 Å². The van der Waals surface area contributed by atoms with E-state index in [9.17, 15) is 9.18 Å². The van der Waals surface area contributed by atoms with Crippen molar-refractivity contribution in [1.29, 1.82) is 0 Å². The molecule has 1 N–H and O–H groups in total. The molecule has 3 nitrogen and oxygen atoms in total. The van der Waals surface area contributed by atoms with E-state index in [1.807, 2.05) is 49.4 Å². The van der Waals surface area contributed by atoms with Crippen LogP contribution in [0.3, 0.4) is 0 Å². The summed E-state index contributed by atoms with van der Waals surface area (Å²) in [7, 11) is 0. The van der Waals surface area contributed by atoms with Crippen LogP contribution in [-0.4, -0.2) is 12.5 Å². The van der Waals surface area contributed by atoms with Crippen molar-refractivity contribution in [3.05, 3.63) is 72.0 Å². The summed E-state index contributed by atoms with van der Waals surface area (Å²) < 4.78 is 20.5. The monoisotopic (exact) mass is 391 g/mol. The van der Waals surface area contributed by atoms with Gasteiger partial charge in [-0.25, -0.2) is 4.39 Å². The van der Waals surface area contributed by atoms with Gasteiger partial charge in [0.2, 0.25) is 5.91 Å². The first-order chi connectivity index (χ1) is 14.2. The van der Waals surface area contributed by atoms with Crippen LogP contribution < -0.4 is 10.1 Å². The number of ether oxygens (including phenoxy) is 1. The van der Waals surface area contributed by atoms with Crippen molar-refractivity contribution in [3.8, 4) is 5.75 Å². The topological polar surface area (TPSA) is 38.3 Å². The lowest BCUT2D eigenvalue weighted by Crippen LogP contribution is -2.42. The van der Waals surface area contributed by atoms with Gasteiger partial charge in [-0.2, -0.15) is 0 Å². The third-order valence-electron chi connectivity index (χ3n) is 5.96. The maximum Gasteiger partial charge on any atom is 0.235 e. The highest BCUT2D eigenvalue weighted by Crippen LogP contribution is 2.42. The molecule has 0 saturated heterocycles. The molecule has 0 aromatic heterocycles. The van der Waals surface area contributed by atoms with Gasteiger partial charge in [-0.3, -0.25) is 4.79 Å². The highest BCUT2D eigenvalue weighted by molar-refractivity contribution is 6.07. The van der Waals surface area contributed by atoms with Gasteiger partial charge >= 0.3 is 0 Å². The average molecular weight is 391 g/mol. The summed E-state index contributed by atoms with van der Waals surface area (Å²) in [6.07, 6.45) is 4.25. The van der Waals surface area contributed by atoms with Gasteiger partial charge in [0.15, 0.2) is 0 Å². The highest BCUT2D eigenvalue weighted by atomic mass is 19.1. The number of rotatable bonds is 5. The van der Waals surface area contributed by atoms with E-state index in [4.69, 9.17) is 4.74 Å². The van der Waals surface area contributed by atoms with Crippen LogP contribution >= 0.6 is 0 Å². The smallest absolute Gasteiger partial charge is 0.235 e. The third kappa shape index (κ3) is 3.59. The molecule has 3 aromatic rings. The summed E-state index contributed by atoms with van der Waals surface area (Å²) >= 11 is 0. The first kappa shape index (κ1) is 19.4. The number of carbonyl (C=O) groups is 1. The lowest BCUT2D eigenvalue weighted by atomic mass is 9.68. The summed E-state index contributed by atoms with van der Waals surface area (Å²) in [5.41, 5.74) is 0.409. The first-order valence-corrected chi connectivity index (χ1v) is 10.4. The summed E-state index contributed by atoms with van der Waals surface area (Å²) in [4.78, 5) is 13.6. The van der Waals surface area contributed by atoms with Crippen LogP contribution in [0.15, 0.2) is 60.7 Å². The fourth-order valence-electron chi connectivity index (χ4n) is 4.53. The molecule has 0 atom stereocenters. The molecule has 29 heavy (non-hydrogen) atoms. The van der Waals surface area contributed by atoms with Gasteiger partial charge in [-0.1, -0.05) is 61.7 Å². The minimum absolute atomic E-state index is 0.128. The van der Waals surface area contributed by atoms with Gasteiger partial charge in [0.1, 0.15) is 11.6 Å². The first-order valence-electron chi connectivity index (χ1n) is 10.4. The summed E-state index contributed by atoms with van der Waals surface area (Å²) in [6.45, 7) is 2.53. The predicted molar refractivity (Wildman–Crippen MR) is 115 cm³/mol. The molecule has 0 bridgehead atoms. The van der Waals surface area contributed by atoms with Crippen LogP contribution in [-0.2, 0) is 10.2 Å². The number of anilines is 1. The van der Waals surface area contributed by atoms with Crippen LogP contribution in [0, 0.1) is 5.82 Å². The zero-order valence-electron chi connectivity index (χ0n) is 16.7. The fraction of sp³-hybridized carbons (Fsp3) is 0.320. The quantitative estimate of drug-likeness (QED) is 0.561. The standard InChI is InChI=1S/C25H26FNO2/c1-2-29-23-15-14-22(18-10-4-5-11-19(18)23)27-24(28)25(16-8-3-9-17-25)20-12-6-7-13-21(20)26/h4-7,10-15H,2-3,8-9,16-17H2,1H3,(H,27,28). The van der Waals surface area contributed by atoms with Gasteiger partial charge in [0, 0.05) is 22.0 Å². The fourth-order valence-corrected chi connectivity index (χ4v) is 4.53. The number of benzene rings is 3. The molecule has 1 fully saturated rings. The maximum atomic E-state index is 14.7. The molecule has 0 heterocycles. The number of hydrogen-bond acceptors (Lipinski definition) is 2. The van der Waals surface area contributed by atoms with Gasteiger partial charge in [-0.15, -0.1) is 0 Å². The Morgan fingerprint density at radius 3 is 2.38 bits per heavy atom. The molecule has 0 radical (unpaired) electrons. The van der Waals surface area contributed by atoms with E-state index in [-0.39, 0.29) is 11.7 Å². The number of halogens is 1. The Balaban J connectivity index is 1.74. The summed E-state index contributed by atoms with van der Waals surface area (Å²) in [5.74, 6) is 0.361. The second kappa shape index (κ2) is 8.24. The SMILES string of the molecule is CCOc1ccc(NC(=O)C2(c3ccccc3F)CCCCC2)c2ccccc12. The minimum atomic E-state index is -0.830. The number of hydrogen-bond donors (Lipinski definition) is 1. The van der Waals surface area contributed by atoms with Crippen LogP contribution in [0.5, 0.6) is 5.75 Å². The lowest BCUT2D eigenvalue weighted by molar-refractivity contribution is -0.122. The van der Waals surface area contributed by atoms with Crippen molar-refractivity contribution in [3.63, 3.8) is 0 Å². The van der Waals surface area contributed by atoms with E-state index in [0.29, 0.717) is 25.0 Å². The molecule has 1 aliphatic rings. The number of amides is 1. The molecular formula is C25H26FNO2. The van der Waals surface area contributed by atoms with Crippen molar-refractivity contribution >= 4 is 22.4 Å². The Kier molecular flexibility index (Phi) is 5.52. The molecule has 0 spiro atoms. The molecule has 0 unspecified atom stereocenters. The minimum Gasteiger partial charge on any atom is -0.493 e. The normalized spacial score (nSPS) is 15.8. The van der Waals surface area contributed by atoms with Crippen LogP contribution in [0.25, 0.3) is 10.8 Å². The van der Waals surface area contributed by atoms with Crippen molar-refractivity contribution in [1.82, 2.24) is 0 Å². The predicted octanol–water partition coefficient (Wildman–Crippen LogP) is 6.22. The molecule has 4 rings (SSSR count). The maximum absolute atomic E-state index is 14.7. The number of nitrogens with one attached hydrogen (secondary N) is 1. The molecular weight excluding hydrogens is 365 g/mol. The van der Waals surface area contributed by atoms with E-state index < -0.39 is 5.41 Å². The van der Waals surface area contributed by atoms with Crippen molar-refractivity contribution in [2.24, 2.45) is 0 Å². The lowest BCUT2D eigenvalue weighted by Gasteiger charge is -2.36. The number of fused-ring (bicyclic) bond motifs is 1. The average Bonchev–Trinajstić information content (AvgIpc) is 2.76. The Morgan fingerprint density at radius 1 is 0.966 bits per heavy atom. The van der Waals surface area contributed by atoms with E-state index >= 15 is 0 Å². The van der Waals surface area contributed by atoms with Crippen molar-refractivity contribution < 1.29 is 13.9 Å². The Hall–Kier alpha value is -2.88. The highest BCUT2D eigenvalue weighted by Gasteiger charge is 2.43. The molecule has 1 amide bonds. The molecule has 1 aliphatic carbocycles. The van der Waals surface area contributed by atoms with Gasteiger partial charge in [0.25, 0.3) is 0 Å². The van der Waals surface area contributed by atoms with Crippen LogP contribution in [0.4, 0.5) is 10.1 Å². The summed E-state index contributed by atoms with van der Waals surface area (Å²) in [6, 6.07) is 18.3. The molecule has 4 heteroatoms. The molecule has 1 saturated carbocycles. The zero-order valence-corrected chi connectivity index (χ0v) is 16.7. The van der Waals surface area contributed by atoms with Crippen molar-refractivity contribution in [2.45, 2.75) is 44.4 Å². The van der Waals surface area contributed by atoms with E-state index in [1.165, 1.54) is 6.07 Å². The van der Waals surface area contributed by atoms with Crippen molar-refractivity contribution in [2.75, 3.05) is 11.9 Å². The second-order valence-electron chi connectivity index (χ2n) is 7.67. The summed E-state index contributed by atoms with van der Waals surface area (Å²) in [5, 5.41) is 5.01. The molecule has 3 aromatic carbocycles. The molecule has 150 valence electrons. The van der Waals surface area contributed by atoms with Gasteiger partial charge in [0.05, 0.1) is 12.0 Å². The second-order valence-corrected chi connectivity index (χ2v) is 7.67. The number of carbonyl (C=O) groups excluding carboxylic acids is 1. The Bertz CT molecular complexity index is 1020. The largest absolute Gasteiger partial charge is 0.493 e. The van der Waals surface area contributed by atoms with Crippen LogP contribution in [0.1, 0.15) is 44.6 Å².